The van der Waals surface area contributed by atoms with Gasteiger partial charge in [0.05, 0.1) is 22.8 Å². The molecule has 1 radical (unpaired) electrons. The summed E-state index contributed by atoms with van der Waals surface area (Å²) in [6, 6.07) is 16.4. The average Bonchev–Trinajstić information content (AvgIpc) is 3.32. The van der Waals surface area contributed by atoms with Crippen molar-refractivity contribution in [1.82, 2.24) is 19.9 Å². The maximum Gasteiger partial charge on any atom is 0.0659 e. The van der Waals surface area contributed by atoms with Crippen LogP contribution in [-0.4, -0.2) is 19.9 Å². The Bertz CT molecular complexity index is 1080. The molecule has 0 spiro atoms. The fourth-order valence-corrected chi connectivity index (χ4v) is 2.94. The average molecular weight is 369 g/mol. The van der Waals surface area contributed by atoms with Gasteiger partial charge < -0.3 is 9.97 Å². The van der Waals surface area contributed by atoms with Crippen molar-refractivity contribution >= 4 is 46.4 Å². The quantitative estimate of drug-likeness (QED) is 0.417. The second-order valence-electron chi connectivity index (χ2n) is 5.91. The Hall–Kier alpha value is -2.89. The van der Waals surface area contributed by atoms with Crippen molar-refractivity contribution in [2.75, 3.05) is 0 Å². The largest absolute Gasteiger partial charge is 0.355 e. The smallest absolute Gasteiger partial charge is 0.0659 e. The van der Waals surface area contributed by atoms with Crippen LogP contribution >= 0.6 is 0 Å². The maximum absolute atomic E-state index is 4.62. The maximum atomic E-state index is 4.62. The van der Waals surface area contributed by atoms with Crippen molar-refractivity contribution in [1.29, 1.82) is 0 Å². The van der Waals surface area contributed by atoms with Gasteiger partial charge in [0.25, 0.3) is 0 Å². The minimum absolute atomic E-state index is 0. The standard InChI is InChI=1S/C20H14N4.Co/c1-2-14-10-16-5-6-18(23-16)12-20-8-7-19(24-20)11-17-4-3-15(22-17)9-13(1)21-14;/h1-12,21-22H;. The molecule has 2 aliphatic heterocycles. The van der Waals surface area contributed by atoms with Crippen LogP contribution in [0.25, 0.3) is 46.4 Å². The number of hydrogen-bond acceptors (Lipinski definition) is 2. The number of rotatable bonds is 0. The van der Waals surface area contributed by atoms with Crippen molar-refractivity contribution in [3.63, 3.8) is 0 Å². The topological polar surface area (TPSA) is 57.4 Å². The minimum Gasteiger partial charge on any atom is -0.355 e. The summed E-state index contributed by atoms with van der Waals surface area (Å²) in [6.45, 7) is 0. The molecule has 0 amide bonds. The monoisotopic (exact) mass is 369 g/mol. The molecule has 3 aromatic rings. The van der Waals surface area contributed by atoms with Crippen LogP contribution in [0.5, 0.6) is 0 Å². The Balaban J connectivity index is 0.00000157. The van der Waals surface area contributed by atoms with Crippen LogP contribution in [-0.2, 0) is 16.8 Å². The van der Waals surface area contributed by atoms with E-state index in [2.05, 4.69) is 50.3 Å². The summed E-state index contributed by atoms with van der Waals surface area (Å²) in [5.41, 5.74) is 7.86. The van der Waals surface area contributed by atoms with Crippen LogP contribution in [0, 0.1) is 0 Å². The van der Waals surface area contributed by atoms with Gasteiger partial charge in [-0.1, -0.05) is 0 Å². The normalized spacial score (nSPS) is 12.2. The van der Waals surface area contributed by atoms with Crippen molar-refractivity contribution < 1.29 is 16.8 Å². The van der Waals surface area contributed by atoms with Crippen LogP contribution in [0.2, 0.25) is 0 Å². The third-order valence-corrected chi connectivity index (χ3v) is 4.04. The minimum atomic E-state index is 0. The van der Waals surface area contributed by atoms with Gasteiger partial charge in [0, 0.05) is 38.8 Å². The Morgan fingerprint density at radius 3 is 1.28 bits per heavy atom. The van der Waals surface area contributed by atoms with Gasteiger partial charge in [0.1, 0.15) is 0 Å². The van der Waals surface area contributed by atoms with E-state index in [1.165, 1.54) is 0 Å². The number of aromatic amines is 2. The number of nitrogens with one attached hydrogen (secondary N) is 2. The number of fused-ring (bicyclic) bond motifs is 8. The summed E-state index contributed by atoms with van der Waals surface area (Å²) in [5.74, 6) is 0. The first-order chi connectivity index (χ1) is 11.8. The summed E-state index contributed by atoms with van der Waals surface area (Å²) < 4.78 is 0. The third-order valence-electron chi connectivity index (χ3n) is 4.04. The van der Waals surface area contributed by atoms with Crippen LogP contribution in [0.4, 0.5) is 0 Å². The van der Waals surface area contributed by atoms with Gasteiger partial charge in [-0.15, -0.1) is 0 Å². The zero-order valence-corrected chi connectivity index (χ0v) is 14.2. The molecule has 5 heterocycles. The first-order valence-electron chi connectivity index (χ1n) is 7.85. The number of aromatic nitrogens is 4. The van der Waals surface area contributed by atoms with E-state index in [1.807, 2.05) is 42.5 Å². The Kier molecular flexibility index (Phi) is 3.87. The molecule has 0 unspecified atom stereocenters. The summed E-state index contributed by atoms with van der Waals surface area (Å²) in [6.07, 6.45) is 8.05. The van der Waals surface area contributed by atoms with Crippen LogP contribution in [0.1, 0.15) is 22.8 Å². The molecule has 0 aliphatic carbocycles. The molecule has 5 rings (SSSR count). The summed E-state index contributed by atoms with van der Waals surface area (Å²) >= 11 is 0. The van der Waals surface area contributed by atoms with Gasteiger partial charge in [-0.2, -0.15) is 0 Å². The number of H-pyrrole nitrogens is 2. The van der Waals surface area contributed by atoms with Crippen LogP contribution in [0.3, 0.4) is 0 Å². The molecule has 0 saturated heterocycles. The number of nitrogens with zero attached hydrogens (tertiary/aromatic N) is 2. The first kappa shape index (κ1) is 15.6. The second-order valence-corrected chi connectivity index (χ2v) is 5.91. The zero-order chi connectivity index (χ0) is 15.9. The first-order valence-corrected chi connectivity index (χ1v) is 7.85. The van der Waals surface area contributed by atoms with Crippen molar-refractivity contribution in [2.24, 2.45) is 0 Å². The molecule has 2 aliphatic rings. The Morgan fingerprint density at radius 2 is 0.840 bits per heavy atom. The molecule has 0 atom stereocenters. The van der Waals surface area contributed by atoms with Gasteiger partial charge in [-0.3, -0.25) is 0 Å². The van der Waals surface area contributed by atoms with Crippen LogP contribution < -0.4 is 0 Å². The van der Waals surface area contributed by atoms with Crippen molar-refractivity contribution in [2.45, 2.75) is 0 Å². The fraction of sp³-hybridized carbons (Fsp3) is 0. The van der Waals surface area contributed by atoms with E-state index in [-0.39, 0.29) is 16.8 Å². The van der Waals surface area contributed by atoms with E-state index in [0.29, 0.717) is 0 Å². The second kappa shape index (κ2) is 6.20. The molecule has 8 bridgehead atoms. The fourth-order valence-electron chi connectivity index (χ4n) is 2.94. The molecule has 5 heteroatoms. The molecule has 3 aromatic heterocycles. The molecule has 0 saturated carbocycles. The van der Waals surface area contributed by atoms with Crippen molar-refractivity contribution in [3.05, 3.63) is 71.3 Å². The summed E-state index contributed by atoms with van der Waals surface area (Å²) in [7, 11) is 0. The number of hydrogen-bond donors (Lipinski definition) is 2. The predicted molar refractivity (Wildman–Crippen MR) is 98.9 cm³/mol. The Morgan fingerprint density at radius 1 is 0.480 bits per heavy atom. The van der Waals surface area contributed by atoms with E-state index in [1.54, 1.807) is 0 Å². The van der Waals surface area contributed by atoms with E-state index in [4.69, 9.17) is 0 Å². The van der Waals surface area contributed by atoms with Crippen molar-refractivity contribution in [3.8, 4) is 0 Å². The van der Waals surface area contributed by atoms with Gasteiger partial charge in [-0.25, -0.2) is 9.97 Å². The van der Waals surface area contributed by atoms with E-state index in [0.717, 1.165) is 44.8 Å². The van der Waals surface area contributed by atoms with E-state index >= 15 is 0 Å². The SMILES string of the molecule is C1=Cc2cc3ccc(cc4ccc(cc5nc(cc1n2)C=C5)[nH]4)[nH]3.[Co]. The molecular formula is C20H14CoN4. The molecule has 0 aromatic carbocycles. The summed E-state index contributed by atoms with van der Waals surface area (Å²) in [5, 5.41) is 0. The van der Waals surface area contributed by atoms with E-state index in [9.17, 15) is 0 Å². The van der Waals surface area contributed by atoms with Gasteiger partial charge in [-0.05, 0) is 72.8 Å². The van der Waals surface area contributed by atoms with Gasteiger partial charge in [0.2, 0.25) is 0 Å². The zero-order valence-electron chi connectivity index (χ0n) is 13.2. The van der Waals surface area contributed by atoms with Gasteiger partial charge >= 0.3 is 0 Å². The van der Waals surface area contributed by atoms with Crippen LogP contribution in [0.15, 0.2) is 48.5 Å². The molecule has 4 nitrogen and oxygen atoms in total. The molecule has 25 heavy (non-hydrogen) atoms. The molecule has 2 N–H and O–H groups in total. The molecule has 0 fully saturated rings. The van der Waals surface area contributed by atoms with E-state index < -0.39 is 0 Å². The Labute approximate surface area is 154 Å². The molecule has 123 valence electrons. The molecular weight excluding hydrogens is 355 g/mol. The van der Waals surface area contributed by atoms with Gasteiger partial charge in [0.15, 0.2) is 0 Å². The summed E-state index contributed by atoms with van der Waals surface area (Å²) in [4.78, 5) is 16.0. The predicted octanol–water partition coefficient (Wildman–Crippen LogP) is 4.65. The third kappa shape index (κ3) is 3.20.